The van der Waals surface area contributed by atoms with Crippen LogP contribution in [0.5, 0.6) is 0 Å². The standard InChI is InChI=1S/C12H16O3/c1-8-5-6-10(7-9(8)2)12(3,15-4)11(13)14/h5-7H,1-4H3,(H,13,14). The summed E-state index contributed by atoms with van der Waals surface area (Å²) >= 11 is 0. The van der Waals surface area contributed by atoms with E-state index in [1.54, 1.807) is 13.0 Å². The van der Waals surface area contributed by atoms with Gasteiger partial charge in [0, 0.05) is 7.11 Å². The zero-order valence-corrected chi connectivity index (χ0v) is 9.50. The molecule has 1 atom stereocenters. The summed E-state index contributed by atoms with van der Waals surface area (Å²) in [5, 5.41) is 9.12. The van der Waals surface area contributed by atoms with E-state index >= 15 is 0 Å². The van der Waals surface area contributed by atoms with E-state index in [2.05, 4.69) is 0 Å². The van der Waals surface area contributed by atoms with Gasteiger partial charge in [-0.25, -0.2) is 4.79 Å². The van der Waals surface area contributed by atoms with Gasteiger partial charge in [0.1, 0.15) is 0 Å². The smallest absolute Gasteiger partial charge is 0.340 e. The number of carboxylic acids is 1. The third-order valence-corrected chi connectivity index (χ3v) is 2.87. The minimum Gasteiger partial charge on any atom is -0.479 e. The fourth-order valence-electron chi connectivity index (χ4n) is 1.37. The number of hydrogen-bond acceptors (Lipinski definition) is 2. The van der Waals surface area contributed by atoms with Gasteiger partial charge in [-0.2, -0.15) is 0 Å². The van der Waals surface area contributed by atoms with Gasteiger partial charge >= 0.3 is 5.97 Å². The quantitative estimate of drug-likeness (QED) is 0.828. The SMILES string of the molecule is COC(C)(C(=O)O)c1ccc(C)c(C)c1. The summed E-state index contributed by atoms with van der Waals surface area (Å²) in [5.41, 5.74) is 1.61. The fraction of sp³-hybridized carbons (Fsp3) is 0.417. The summed E-state index contributed by atoms with van der Waals surface area (Å²) < 4.78 is 5.08. The lowest BCUT2D eigenvalue weighted by atomic mass is 9.93. The van der Waals surface area contributed by atoms with Crippen LogP contribution in [0.2, 0.25) is 0 Å². The Morgan fingerprint density at radius 2 is 1.93 bits per heavy atom. The topological polar surface area (TPSA) is 46.5 Å². The highest BCUT2D eigenvalue weighted by Gasteiger charge is 2.35. The molecular weight excluding hydrogens is 192 g/mol. The van der Waals surface area contributed by atoms with Crippen LogP contribution in [0.25, 0.3) is 0 Å². The second-order valence-electron chi connectivity index (χ2n) is 3.84. The molecule has 1 N–H and O–H groups in total. The zero-order chi connectivity index (χ0) is 11.6. The number of hydrogen-bond donors (Lipinski definition) is 1. The molecule has 3 nitrogen and oxygen atoms in total. The van der Waals surface area contributed by atoms with Crippen LogP contribution >= 0.6 is 0 Å². The van der Waals surface area contributed by atoms with Gasteiger partial charge in [-0.15, -0.1) is 0 Å². The molecular formula is C12H16O3. The maximum absolute atomic E-state index is 11.1. The Hall–Kier alpha value is -1.35. The van der Waals surface area contributed by atoms with Gasteiger partial charge in [-0.1, -0.05) is 18.2 Å². The molecule has 1 aromatic rings. The number of methoxy groups -OCH3 is 1. The summed E-state index contributed by atoms with van der Waals surface area (Å²) in [6.07, 6.45) is 0. The molecule has 15 heavy (non-hydrogen) atoms. The van der Waals surface area contributed by atoms with Crippen molar-refractivity contribution in [2.75, 3.05) is 7.11 Å². The van der Waals surface area contributed by atoms with Crippen molar-refractivity contribution in [3.63, 3.8) is 0 Å². The molecule has 3 heteroatoms. The van der Waals surface area contributed by atoms with E-state index in [0.29, 0.717) is 5.56 Å². The van der Waals surface area contributed by atoms with Crippen LogP contribution in [-0.4, -0.2) is 18.2 Å². The lowest BCUT2D eigenvalue weighted by Crippen LogP contribution is -2.34. The van der Waals surface area contributed by atoms with E-state index in [-0.39, 0.29) is 0 Å². The number of aryl methyl sites for hydroxylation is 2. The van der Waals surface area contributed by atoms with Crippen LogP contribution < -0.4 is 0 Å². The van der Waals surface area contributed by atoms with Crippen molar-refractivity contribution >= 4 is 5.97 Å². The number of ether oxygens (including phenoxy) is 1. The van der Waals surface area contributed by atoms with Crippen LogP contribution in [-0.2, 0) is 15.1 Å². The Labute approximate surface area is 89.7 Å². The van der Waals surface area contributed by atoms with E-state index in [0.717, 1.165) is 11.1 Å². The van der Waals surface area contributed by atoms with Gasteiger partial charge in [-0.3, -0.25) is 0 Å². The van der Waals surface area contributed by atoms with Crippen LogP contribution in [0.3, 0.4) is 0 Å². The van der Waals surface area contributed by atoms with E-state index in [9.17, 15) is 4.79 Å². The number of carbonyl (C=O) groups is 1. The maximum atomic E-state index is 11.1. The molecule has 0 aromatic heterocycles. The van der Waals surface area contributed by atoms with Crippen molar-refractivity contribution in [3.05, 3.63) is 34.9 Å². The Kier molecular flexibility index (Phi) is 3.15. The lowest BCUT2D eigenvalue weighted by molar-refractivity contribution is -0.161. The summed E-state index contributed by atoms with van der Waals surface area (Å²) in [6, 6.07) is 5.55. The molecule has 82 valence electrons. The molecule has 0 heterocycles. The first-order valence-electron chi connectivity index (χ1n) is 4.78. The van der Waals surface area contributed by atoms with Crippen molar-refractivity contribution in [1.29, 1.82) is 0 Å². The van der Waals surface area contributed by atoms with Crippen LogP contribution in [0, 0.1) is 13.8 Å². The van der Waals surface area contributed by atoms with Crippen LogP contribution in [0.1, 0.15) is 23.6 Å². The Morgan fingerprint density at radius 3 is 2.33 bits per heavy atom. The molecule has 1 rings (SSSR count). The second kappa shape index (κ2) is 4.03. The van der Waals surface area contributed by atoms with Crippen molar-refractivity contribution in [2.45, 2.75) is 26.4 Å². The molecule has 0 aliphatic rings. The molecule has 0 spiro atoms. The first-order valence-corrected chi connectivity index (χ1v) is 4.78. The predicted octanol–water partition coefficient (Wildman–Crippen LogP) is 2.25. The van der Waals surface area contributed by atoms with E-state index in [1.807, 2.05) is 26.0 Å². The highest BCUT2D eigenvalue weighted by Crippen LogP contribution is 2.26. The highest BCUT2D eigenvalue weighted by atomic mass is 16.5. The summed E-state index contributed by atoms with van der Waals surface area (Å²) in [7, 11) is 1.41. The summed E-state index contributed by atoms with van der Waals surface area (Å²) in [6.45, 7) is 5.50. The summed E-state index contributed by atoms with van der Waals surface area (Å²) in [4.78, 5) is 11.1. The average Bonchev–Trinajstić information content (AvgIpc) is 2.20. The number of carboxylic acid groups (broad SMARTS) is 1. The maximum Gasteiger partial charge on any atom is 0.340 e. The van der Waals surface area contributed by atoms with Crippen molar-refractivity contribution in [3.8, 4) is 0 Å². The minimum atomic E-state index is -1.27. The number of aliphatic carboxylic acids is 1. The van der Waals surface area contributed by atoms with Gasteiger partial charge in [0.25, 0.3) is 0 Å². The van der Waals surface area contributed by atoms with Crippen molar-refractivity contribution in [1.82, 2.24) is 0 Å². The third kappa shape index (κ3) is 2.02. The van der Waals surface area contributed by atoms with Crippen molar-refractivity contribution in [2.24, 2.45) is 0 Å². The third-order valence-electron chi connectivity index (χ3n) is 2.87. The van der Waals surface area contributed by atoms with Crippen molar-refractivity contribution < 1.29 is 14.6 Å². The van der Waals surface area contributed by atoms with Gasteiger partial charge in [0.15, 0.2) is 5.60 Å². The van der Waals surface area contributed by atoms with Crippen LogP contribution in [0.15, 0.2) is 18.2 Å². The first kappa shape index (κ1) is 11.7. The molecule has 1 aromatic carbocycles. The normalized spacial score (nSPS) is 14.7. The molecule has 0 amide bonds. The number of benzene rings is 1. The van der Waals surface area contributed by atoms with E-state index in [1.165, 1.54) is 7.11 Å². The minimum absolute atomic E-state index is 0.667. The lowest BCUT2D eigenvalue weighted by Gasteiger charge is -2.24. The fourth-order valence-corrected chi connectivity index (χ4v) is 1.37. The molecule has 0 saturated carbocycles. The Balaban J connectivity index is 3.25. The first-order chi connectivity index (χ1) is 6.91. The average molecular weight is 208 g/mol. The predicted molar refractivity (Wildman–Crippen MR) is 57.9 cm³/mol. The number of rotatable bonds is 3. The van der Waals surface area contributed by atoms with Gasteiger partial charge in [0.05, 0.1) is 0 Å². The van der Waals surface area contributed by atoms with E-state index < -0.39 is 11.6 Å². The molecule has 0 aliphatic carbocycles. The highest BCUT2D eigenvalue weighted by molar-refractivity contribution is 5.79. The molecule has 0 aliphatic heterocycles. The van der Waals surface area contributed by atoms with Gasteiger partial charge < -0.3 is 9.84 Å². The molecule has 0 bridgehead atoms. The zero-order valence-electron chi connectivity index (χ0n) is 9.50. The second-order valence-corrected chi connectivity index (χ2v) is 3.84. The Morgan fingerprint density at radius 1 is 1.33 bits per heavy atom. The van der Waals surface area contributed by atoms with Gasteiger partial charge in [0.2, 0.25) is 0 Å². The monoisotopic (exact) mass is 208 g/mol. The summed E-state index contributed by atoms with van der Waals surface area (Å²) in [5.74, 6) is -0.978. The largest absolute Gasteiger partial charge is 0.479 e. The molecule has 0 radical (unpaired) electrons. The van der Waals surface area contributed by atoms with Gasteiger partial charge in [-0.05, 0) is 37.5 Å². The Bertz CT molecular complexity index is 384. The molecule has 0 saturated heterocycles. The van der Waals surface area contributed by atoms with Crippen LogP contribution in [0.4, 0.5) is 0 Å². The molecule has 1 unspecified atom stereocenters. The van der Waals surface area contributed by atoms with E-state index in [4.69, 9.17) is 9.84 Å². The molecule has 0 fully saturated rings.